The molecule has 4 rings (SSSR count). The van der Waals surface area contributed by atoms with Crippen LogP contribution in [-0.4, -0.2) is 60.2 Å². The molecule has 1 fully saturated rings. The molecule has 11 heteroatoms. The highest BCUT2D eigenvalue weighted by atomic mass is 32.2. The van der Waals surface area contributed by atoms with Crippen molar-refractivity contribution >= 4 is 40.7 Å². The lowest BCUT2D eigenvalue weighted by Gasteiger charge is -2.24. The molecule has 1 unspecified atom stereocenters. The van der Waals surface area contributed by atoms with Crippen molar-refractivity contribution in [2.24, 2.45) is 0 Å². The molecule has 1 amide bonds. The van der Waals surface area contributed by atoms with Crippen LogP contribution in [-0.2, 0) is 15.7 Å². The molecule has 1 heterocycles. The van der Waals surface area contributed by atoms with Crippen molar-refractivity contribution in [2.75, 3.05) is 37.3 Å². The fraction of sp³-hybridized carbons (Fsp3) is 0.375. The molecule has 8 nitrogen and oxygen atoms in total. The van der Waals surface area contributed by atoms with E-state index >= 15 is 0 Å². The number of hydrogen-bond acceptors (Lipinski definition) is 6. The smallest absolute Gasteiger partial charge is 0.455 e. The number of benzene rings is 2. The second-order valence-electron chi connectivity index (χ2n) is 8.51. The summed E-state index contributed by atoms with van der Waals surface area (Å²) in [5, 5.41) is 21.2. The van der Waals surface area contributed by atoms with Gasteiger partial charge in [-0.2, -0.15) is 0 Å². The zero-order valence-electron chi connectivity index (χ0n) is 19.6. The van der Waals surface area contributed by atoms with E-state index in [1.165, 1.54) is 12.1 Å². The van der Waals surface area contributed by atoms with Crippen LogP contribution in [0, 0.1) is 5.82 Å². The monoisotopic (exact) mass is 502 g/mol. The van der Waals surface area contributed by atoms with Crippen LogP contribution >= 0.6 is 0 Å². The zero-order chi connectivity index (χ0) is 25.1. The highest BCUT2D eigenvalue weighted by molar-refractivity contribution is 7.85. The fourth-order valence-electron chi connectivity index (χ4n) is 4.13. The van der Waals surface area contributed by atoms with Crippen molar-refractivity contribution in [2.45, 2.75) is 25.2 Å². The molecule has 0 spiro atoms. The van der Waals surface area contributed by atoms with Crippen molar-refractivity contribution in [1.82, 2.24) is 5.32 Å². The van der Waals surface area contributed by atoms with E-state index in [0.717, 1.165) is 24.1 Å². The summed E-state index contributed by atoms with van der Waals surface area (Å²) in [6.07, 6.45) is 4.12. The third-order valence-electron chi connectivity index (χ3n) is 5.91. The number of anilines is 1. The number of fused-ring (bicyclic) bond motifs is 1. The molecule has 0 saturated heterocycles. The Kier molecular flexibility index (Phi) is 7.90. The van der Waals surface area contributed by atoms with E-state index in [2.05, 4.69) is 5.32 Å². The second-order valence-corrected chi connectivity index (χ2v) is 9.80. The summed E-state index contributed by atoms with van der Waals surface area (Å²) in [7, 11) is -1.32. The maximum atomic E-state index is 13.5. The Hall–Kier alpha value is -2.73. The number of rotatable bonds is 11. The number of nitrogens with zero attached hydrogens (tertiary/aromatic N) is 1. The molecule has 2 aromatic carbocycles. The third-order valence-corrected chi connectivity index (χ3v) is 6.91. The summed E-state index contributed by atoms with van der Waals surface area (Å²) < 4.78 is 39.4. The van der Waals surface area contributed by atoms with Crippen LogP contribution in [0.2, 0.25) is 0 Å². The highest BCUT2D eigenvalue weighted by Crippen LogP contribution is 2.47. The van der Waals surface area contributed by atoms with Gasteiger partial charge in [-0.3, -0.25) is 9.10 Å². The van der Waals surface area contributed by atoms with Crippen molar-refractivity contribution < 1.29 is 32.6 Å². The van der Waals surface area contributed by atoms with E-state index in [0.29, 0.717) is 46.7 Å². The summed E-state index contributed by atoms with van der Waals surface area (Å²) in [6.45, 7) is 0.516. The average molecular weight is 502 g/mol. The molecule has 1 aliphatic carbocycles. The van der Waals surface area contributed by atoms with Crippen molar-refractivity contribution in [3.8, 4) is 11.3 Å². The Labute approximate surface area is 205 Å². The van der Waals surface area contributed by atoms with Crippen molar-refractivity contribution in [1.29, 1.82) is 0 Å². The van der Waals surface area contributed by atoms with Crippen molar-refractivity contribution in [3.05, 3.63) is 53.3 Å². The van der Waals surface area contributed by atoms with Crippen LogP contribution in [0.25, 0.3) is 22.3 Å². The van der Waals surface area contributed by atoms with Gasteiger partial charge in [0, 0.05) is 43.5 Å². The van der Waals surface area contributed by atoms with Crippen LogP contribution in [0.5, 0.6) is 0 Å². The average Bonchev–Trinajstić information content (AvgIpc) is 3.60. The molecule has 1 aliphatic rings. The number of carbonyl (C=O) groups is 1. The molecule has 3 aromatic rings. The van der Waals surface area contributed by atoms with Gasteiger partial charge in [-0.1, -0.05) is 0 Å². The van der Waals surface area contributed by atoms with Gasteiger partial charge in [0.1, 0.15) is 28.1 Å². The molecule has 3 N–H and O–H groups in total. The van der Waals surface area contributed by atoms with E-state index in [4.69, 9.17) is 19.2 Å². The Bertz CT molecular complexity index is 1230. The molecule has 1 atom stereocenters. The molecular formula is C24H28BFN2O6S. The van der Waals surface area contributed by atoms with E-state index in [1.54, 1.807) is 29.7 Å². The number of hydrogen-bond donors (Lipinski definition) is 3. The molecule has 35 heavy (non-hydrogen) atoms. The Morgan fingerprint density at radius 2 is 2.00 bits per heavy atom. The lowest BCUT2D eigenvalue weighted by molar-refractivity contribution is 0.0964. The first-order valence-electron chi connectivity index (χ1n) is 11.4. The number of halogens is 1. The molecule has 0 aliphatic heterocycles. The van der Waals surface area contributed by atoms with Gasteiger partial charge in [-0.25, -0.2) is 8.60 Å². The quantitative estimate of drug-likeness (QED) is 0.275. The topological polar surface area (TPSA) is 112 Å². The summed E-state index contributed by atoms with van der Waals surface area (Å²) >= 11 is 0. The number of ether oxygens (including phenoxy) is 1. The number of furan rings is 1. The normalized spacial score (nSPS) is 14.2. The minimum absolute atomic E-state index is 0.185. The first-order chi connectivity index (χ1) is 16.8. The minimum atomic E-state index is -1.53. The van der Waals surface area contributed by atoms with Crippen LogP contribution in [0.15, 0.2) is 40.8 Å². The largest absolute Gasteiger partial charge is 0.479 e. The molecule has 186 valence electrons. The van der Waals surface area contributed by atoms with E-state index < -0.39 is 18.1 Å². The Morgan fingerprint density at radius 3 is 2.60 bits per heavy atom. The van der Waals surface area contributed by atoms with Gasteiger partial charge in [0.25, 0.3) is 5.91 Å². The number of carbonyl (C=O) groups excluding carboxylic acids is 1. The highest BCUT2D eigenvalue weighted by Gasteiger charge is 2.31. The molecule has 1 aromatic heterocycles. The summed E-state index contributed by atoms with van der Waals surface area (Å²) in [4.78, 5) is 12.9. The maximum absolute atomic E-state index is 13.5. The van der Waals surface area contributed by atoms with Gasteiger partial charge in [0.2, 0.25) is 0 Å². The molecule has 1 saturated carbocycles. The SMILES string of the molecule is CNC(=O)c1c(-c2ccc(F)cc2)oc2cc(N(CCCOCB(O)O)S(C)=O)c(C3CC3)cc12. The van der Waals surface area contributed by atoms with Crippen LogP contribution in [0.3, 0.4) is 0 Å². The zero-order valence-corrected chi connectivity index (χ0v) is 20.4. The van der Waals surface area contributed by atoms with Gasteiger partial charge in [0.05, 0.1) is 17.8 Å². The Morgan fingerprint density at radius 1 is 1.29 bits per heavy atom. The van der Waals surface area contributed by atoms with Gasteiger partial charge >= 0.3 is 7.12 Å². The van der Waals surface area contributed by atoms with Crippen LogP contribution in [0.1, 0.15) is 41.1 Å². The molecule has 0 radical (unpaired) electrons. The number of amides is 1. The van der Waals surface area contributed by atoms with E-state index in [9.17, 15) is 13.4 Å². The summed E-state index contributed by atoms with van der Waals surface area (Å²) in [6, 6.07) is 9.54. The Balaban J connectivity index is 1.76. The van der Waals surface area contributed by atoms with Crippen molar-refractivity contribution in [3.63, 3.8) is 0 Å². The molecular weight excluding hydrogens is 474 g/mol. The number of nitrogens with one attached hydrogen (secondary N) is 1. The van der Waals surface area contributed by atoms with Gasteiger partial charge in [-0.15, -0.1) is 0 Å². The fourth-order valence-corrected chi connectivity index (χ4v) is 4.95. The van der Waals surface area contributed by atoms with E-state index in [1.807, 2.05) is 12.1 Å². The summed E-state index contributed by atoms with van der Waals surface area (Å²) in [5.74, 6) is -0.0544. The van der Waals surface area contributed by atoms with E-state index in [-0.39, 0.29) is 24.8 Å². The standard InChI is InChI=1S/C24H28BFN2O6S/c1-27-24(29)22-19-12-18(15-4-5-15)20(28(35(2)32)10-3-11-33-14-25(30)31)13-21(19)34-23(22)16-6-8-17(26)9-7-16/h6-9,12-13,15,30-31H,3-5,10-11,14H2,1-2H3,(H,27,29). The summed E-state index contributed by atoms with van der Waals surface area (Å²) in [5.41, 5.74) is 3.19. The van der Waals surface area contributed by atoms with Crippen LogP contribution < -0.4 is 9.62 Å². The lowest BCUT2D eigenvalue weighted by Crippen LogP contribution is -2.28. The molecule has 0 bridgehead atoms. The second kappa shape index (κ2) is 10.9. The third kappa shape index (κ3) is 5.75. The first kappa shape index (κ1) is 25.4. The lowest BCUT2D eigenvalue weighted by atomic mass is 9.95. The minimum Gasteiger partial charge on any atom is -0.455 e. The maximum Gasteiger partial charge on any atom is 0.479 e. The first-order valence-corrected chi connectivity index (χ1v) is 12.9. The van der Waals surface area contributed by atoms with Gasteiger partial charge in [-0.05, 0) is 61.1 Å². The van der Waals surface area contributed by atoms with Gasteiger partial charge < -0.3 is 24.5 Å². The predicted molar refractivity (Wildman–Crippen MR) is 134 cm³/mol. The van der Waals surface area contributed by atoms with Gasteiger partial charge in [0.15, 0.2) is 0 Å². The predicted octanol–water partition coefficient (Wildman–Crippen LogP) is 2.99. The van der Waals surface area contributed by atoms with Crippen LogP contribution in [0.4, 0.5) is 10.1 Å².